The fourth-order valence-corrected chi connectivity index (χ4v) is 3.84. The number of aryl methyl sites for hydroxylation is 1. The normalized spacial score (nSPS) is 12.6. The third-order valence-corrected chi connectivity index (χ3v) is 5.53. The van der Waals surface area contributed by atoms with Crippen molar-refractivity contribution in [2.75, 3.05) is 11.9 Å². The Morgan fingerprint density at radius 3 is 2.77 bits per heavy atom. The van der Waals surface area contributed by atoms with Crippen LogP contribution in [0.15, 0.2) is 67.2 Å². The van der Waals surface area contributed by atoms with Crippen LogP contribution in [0.4, 0.5) is 11.6 Å². The molecule has 2 heterocycles. The van der Waals surface area contributed by atoms with Crippen molar-refractivity contribution < 1.29 is 4.74 Å². The Balaban J connectivity index is 1.58. The lowest BCUT2D eigenvalue weighted by atomic mass is 10.1. The van der Waals surface area contributed by atoms with Crippen LogP contribution in [0.5, 0.6) is 5.75 Å². The van der Waals surface area contributed by atoms with Gasteiger partial charge in [-0.2, -0.15) is 0 Å². The molecule has 1 aliphatic rings. The van der Waals surface area contributed by atoms with Crippen molar-refractivity contribution in [1.29, 1.82) is 0 Å². The summed E-state index contributed by atoms with van der Waals surface area (Å²) in [6.45, 7) is 7.38. The lowest BCUT2D eigenvalue weighted by Crippen LogP contribution is -2.05. The number of nitrogens with one attached hydrogen (secondary N) is 1. The number of anilines is 2. The second kappa shape index (κ2) is 7.26. The zero-order chi connectivity index (χ0) is 20.7. The average Bonchev–Trinajstić information content (AvgIpc) is 3.33. The molecule has 4 aromatic rings. The second-order valence-electron chi connectivity index (χ2n) is 7.78. The molecule has 5 heteroatoms. The number of fused-ring (bicyclic) bond motifs is 2. The number of rotatable bonds is 5. The molecule has 5 nitrogen and oxygen atoms in total. The van der Waals surface area contributed by atoms with E-state index in [0.29, 0.717) is 12.2 Å². The van der Waals surface area contributed by atoms with Gasteiger partial charge in [0.1, 0.15) is 5.75 Å². The molecule has 30 heavy (non-hydrogen) atoms. The number of hydrogen-bond donors (Lipinski definition) is 2. The minimum absolute atomic E-state index is 0.537. The molecule has 0 saturated heterocycles. The summed E-state index contributed by atoms with van der Waals surface area (Å²) < 4.78 is 7.95. The number of nitrogens with zero attached hydrogens (tertiary/aromatic N) is 2. The molecule has 0 saturated carbocycles. The monoisotopic (exact) mass is 396 g/mol. The van der Waals surface area contributed by atoms with Crippen LogP contribution in [0.1, 0.15) is 22.3 Å². The zero-order valence-corrected chi connectivity index (χ0v) is 17.0. The summed E-state index contributed by atoms with van der Waals surface area (Å²) in [7, 11) is 0. The number of ether oxygens (including phenoxy) is 1. The van der Waals surface area contributed by atoms with Gasteiger partial charge in [0.15, 0.2) is 0 Å². The van der Waals surface area contributed by atoms with E-state index >= 15 is 0 Å². The van der Waals surface area contributed by atoms with Gasteiger partial charge in [0.05, 0.1) is 24.2 Å². The molecule has 0 aliphatic carbocycles. The van der Waals surface area contributed by atoms with Crippen LogP contribution in [-0.2, 0) is 13.0 Å². The summed E-state index contributed by atoms with van der Waals surface area (Å²) in [5.74, 6) is 1.78. The molecule has 0 fully saturated rings. The minimum Gasteiger partial charge on any atom is -0.493 e. The van der Waals surface area contributed by atoms with Gasteiger partial charge in [-0.05, 0) is 53.9 Å². The van der Waals surface area contributed by atoms with Gasteiger partial charge in [0.25, 0.3) is 0 Å². The molecule has 1 aromatic heterocycles. The lowest BCUT2D eigenvalue weighted by Gasteiger charge is -2.12. The van der Waals surface area contributed by atoms with Gasteiger partial charge in [-0.1, -0.05) is 42.5 Å². The standard InChI is InChI=1S/C25H24N4O/c1-16-3-8-21(9-4-16)27-25-28-22-14-20(17(2)26)7-10-23(22)29(25)15-18-5-6-19-11-12-30-24(19)13-18/h3-10,13-14H,2,11-12,15,26H2,1H3,(H,27,28). The largest absolute Gasteiger partial charge is 0.493 e. The van der Waals surface area contributed by atoms with Crippen molar-refractivity contribution in [2.45, 2.75) is 19.9 Å². The second-order valence-corrected chi connectivity index (χ2v) is 7.78. The van der Waals surface area contributed by atoms with E-state index in [1.807, 2.05) is 12.1 Å². The Morgan fingerprint density at radius 1 is 1.13 bits per heavy atom. The van der Waals surface area contributed by atoms with Crippen LogP contribution in [0.25, 0.3) is 16.7 Å². The van der Waals surface area contributed by atoms with Crippen molar-refractivity contribution in [3.8, 4) is 5.75 Å². The molecule has 0 atom stereocenters. The lowest BCUT2D eigenvalue weighted by molar-refractivity contribution is 0.356. The number of hydrogen-bond acceptors (Lipinski definition) is 4. The van der Waals surface area contributed by atoms with Crippen molar-refractivity contribution in [3.05, 3.63) is 89.5 Å². The van der Waals surface area contributed by atoms with Crippen molar-refractivity contribution in [2.24, 2.45) is 5.73 Å². The zero-order valence-electron chi connectivity index (χ0n) is 17.0. The highest BCUT2D eigenvalue weighted by Gasteiger charge is 2.16. The maximum absolute atomic E-state index is 5.90. The first-order valence-electron chi connectivity index (χ1n) is 10.1. The first-order valence-corrected chi connectivity index (χ1v) is 10.1. The highest BCUT2D eigenvalue weighted by atomic mass is 16.5. The summed E-state index contributed by atoms with van der Waals surface area (Å²) >= 11 is 0. The van der Waals surface area contributed by atoms with Crippen molar-refractivity contribution in [1.82, 2.24) is 9.55 Å². The molecule has 5 rings (SSSR count). The van der Waals surface area contributed by atoms with Crippen LogP contribution in [0.3, 0.4) is 0 Å². The average molecular weight is 396 g/mol. The van der Waals surface area contributed by atoms with Gasteiger partial charge in [-0.25, -0.2) is 4.98 Å². The molecule has 0 amide bonds. The third kappa shape index (κ3) is 3.39. The van der Waals surface area contributed by atoms with E-state index in [0.717, 1.165) is 47.0 Å². The van der Waals surface area contributed by atoms with Crippen LogP contribution in [0.2, 0.25) is 0 Å². The fourth-order valence-electron chi connectivity index (χ4n) is 3.84. The highest BCUT2D eigenvalue weighted by Crippen LogP contribution is 2.29. The third-order valence-electron chi connectivity index (χ3n) is 5.53. The summed E-state index contributed by atoms with van der Waals surface area (Å²) in [5.41, 5.74) is 13.9. The molecule has 0 bridgehead atoms. The fraction of sp³-hybridized carbons (Fsp3) is 0.160. The Hall–Kier alpha value is -3.73. The molecule has 0 unspecified atom stereocenters. The van der Waals surface area contributed by atoms with Gasteiger partial charge >= 0.3 is 0 Å². The SMILES string of the molecule is C=C(N)c1ccc2c(c1)nc(Nc1ccc(C)cc1)n2Cc1ccc2c(c1)OCC2. The molecular weight excluding hydrogens is 372 g/mol. The van der Waals surface area contributed by atoms with Crippen LogP contribution in [0, 0.1) is 6.92 Å². The maximum atomic E-state index is 5.90. The van der Waals surface area contributed by atoms with Crippen molar-refractivity contribution >= 4 is 28.4 Å². The predicted molar refractivity (Wildman–Crippen MR) is 122 cm³/mol. The Kier molecular flexibility index (Phi) is 4.43. The summed E-state index contributed by atoms with van der Waals surface area (Å²) in [5, 5.41) is 3.48. The van der Waals surface area contributed by atoms with E-state index < -0.39 is 0 Å². The topological polar surface area (TPSA) is 65.1 Å². The number of nitrogens with two attached hydrogens (primary N) is 1. The highest BCUT2D eigenvalue weighted by molar-refractivity contribution is 5.83. The van der Waals surface area contributed by atoms with E-state index in [1.54, 1.807) is 0 Å². The number of imidazole rings is 1. The Bertz CT molecular complexity index is 1250. The van der Waals surface area contributed by atoms with Gasteiger partial charge in [-0.15, -0.1) is 0 Å². The first kappa shape index (κ1) is 18.3. The number of aromatic nitrogens is 2. The molecule has 150 valence electrons. The van der Waals surface area contributed by atoms with E-state index in [1.165, 1.54) is 16.7 Å². The Morgan fingerprint density at radius 2 is 1.97 bits per heavy atom. The van der Waals surface area contributed by atoms with Gasteiger partial charge in [0.2, 0.25) is 5.95 Å². The summed E-state index contributed by atoms with van der Waals surface area (Å²) in [4.78, 5) is 4.87. The van der Waals surface area contributed by atoms with Crippen LogP contribution >= 0.6 is 0 Å². The minimum atomic E-state index is 0.537. The van der Waals surface area contributed by atoms with Gasteiger partial charge in [0, 0.05) is 17.8 Å². The van der Waals surface area contributed by atoms with E-state index in [-0.39, 0.29) is 0 Å². The molecule has 3 N–H and O–H groups in total. The maximum Gasteiger partial charge on any atom is 0.208 e. The number of benzene rings is 3. The molecular formula is C25H24N4O. The quantitative estimate of drug-likeness (QED) is 0.498. The summed E-state index contributed by atoms with van der Waals surface area (Å²) in [6.07, 6.45) is 0.982. The van der Waals surface area contributed by atoms with E-state index in [2.05, 4.69) is 71.9 Å². The van der Waals surface area contributed by atoms with Gasteiger partial charge in [-0.3, -0.25) is 0 Å². The van der Waals surface area contributed by atoms with Crippen LogP contribution in [-0.4, -0.2) is 16.2 Å². The predicted octanol–water partition coefficient (Wildman–Crippen LogP) is 5.00. The molecule has 1 aliphatic heterocycles. The molecule has 0 spiro atoms. The van der Waals surface area contributed by atoms with E-state index in [9.17, 15) is 0 Å². The van der Waals surface area contributed by atoms with Crippen LogP contribution < -0.4 is 15.8 Å². The molecule has 3 aromatic carbocycles. The first-order chi connectivity index (χ1) is 14.6. The van der Waals surface area contributed by atoms with Crippen molar-refractivity contribution in [3.63, 3.8) is 0 Å². The van der Waals surface area contributed by atoms with Gasteiger partial charge < -0.3 is 20.4 Å². The van der Waals surface area contributed by atoms with E-state index in [4.69, 9.17) is 15.5 Å². The Labute approximate surface area is 175 Å². The summed E-state index contributed by atoms with van der Waals surface area (Å²) in [6, 6.07) is 20.8. The molecule has 0 radical (unpaired) electrons. The smallest absolute Gasteiger partial charge is 0.208 e.